The molecule has 2 rings (SSSR count). The van der Waals surface area contributed by atoms with E-state index in [-0.39, 0.29) is 11.4 Å². The van der Waals surface area contributed by atoms with Crippen molar-refractivity contribution in [3.05, 3.63) is 79.9 Å². The van der Waals surface area contributed by atoms with Crippen LogP contribution in [-0.2, 0) is 9.59 Å². The third-order valence-electron chi connectivity index (χ3n) is 3.82. The van der Waals surface area contributed by atoms with Crippen LogP contribution in [0.4, 0.5) is 11.4 Å². The fourth-order valence-corrected chi connectivity index (χ4v) is 2.12. The highest BCUT2D eigenvalue weighted by Crippen LogP contribution is 2.11. The number of nitrogens with one attached hydrogen (secondary N) is 2. The number of hydrazone groups is 2. The molecule has 14 nitrogen and oxygen atoms in total. The van der Waals surface area contributed by atoms with Crippen LogP contribution < -0.4 is 10.9 Å². The largest absolute Gasteiger partial charge is 0.380 e. The summed E-state index contributed by atoms with van der Waals surface area (Å²) in [5.74, 6) is -2.38. The number of amides is 2. The number of rotatable bonds is 9. The Bertz CT molecular complexity index is 967. The Morgan fingerprint density at radius 1 is 0.750 bits per heavy atom. The van der Waals surface area contributed by atoms with Gasteiger partial charge in [0.2, 0.25) is 0 Å². The Morgan fingerprint density at radius 2 is 1.06 bits per heavy atom. The first kappa shape index (κ1) is 23.7. The van der Waals surface area contributed by atoms with Crippen LogP contribution in [0.1, 0.15) is 11.1 Å². The van der Waals surface area contributed by atoms with Crippen LogP contribution in [0.15, 0.2) is 58.7 Å². The fraction of sp³-hybridized carbons (Fsp3) is 0.111. The average Bonchev–Trinajstić information content (AvgIpc) is 2.78. The van der Waals surface area contributed by atoms with E-state index in [9.17, 15) is 40.0 Å². The van der Waals surface area contributed by atoms with E-state index in [1.165, 1.54) is 48.5 Å². The third kappa shape index (κ3) is 6.75. The summed E-state index contributed by atoms with van der Waals surface area (Å²) in [6.45, 7) is 0. The van der Waals surface area contributed by atoms with Crippen molar-refractivity contribution < 1.29 is 29.6 Å². The van der Waals surface area contributed by atoms with Crippen molar-refractivity contribution in [1.82, 2.24) is 10.9 Å². The van der Waals surface area contributed by atoms with Crippen molar-refractivity contribution in [2.75, 3.05) is 0 Å². The molecular formula is C18H16N6O8. The highest BCUT2D eigenvalue weighted by atomic mass is 16.6. The third-order valence-corrected chi connectivity index (χ3v) is 3.82. The van der Waals surface area contributed by atoms with E-state index in [2.05, 4.69) is 10.2 Å². The van der Waals surface area contributed by atoms with Crippen LogP contribution in [0.2, 0.25) is 0 Å². The maximum Gasteiger partial charge on any atom is 0.272 e. The van der Waals surface area contributed by atoms with Gasteiger partial charge in [-0.1, -0.05) is 0 Å². The summed E-state index contributed by atoms with van der Waals surface area (Å²) < 4.78 is 0. The maximum absolute atomic E-state index is 11.8. The molecule has 0 saturated carbocycles. The molecule has 2 amide bonds. The highest BCUT2D eigenvalue weighted by molar-refractivity contribution is 5.92. The van der Waals surface area contributed by atoms with Crippen molar-refractivity contribution in [2.45, 2.75) is 12.2 Å². The van der Waals surface area contributed by atoms with Gasteiger partial charge in [-0.2, -0.15) is 10.2 Å². The molecule has 14 heteroatoms. The number of aliphatic hydroxyl groups excluding tert-OH is 2. The van der Waals surface area contributed by atoms with Gasteiger partial charge in [-0.3, -0.25) is 29.8 Å². The molecule has 0 bridgehead atoms. The lowest BCUT2D eigenvalue weighted by Crippen LogP contribution is -2.47. The quantitative estimate of drug-likeness (QED) is 0.231. The Hall–Kier alpha value is -4.56. The van der Waals surface area contributed by atoms with Crippen molar-refractivity contribution in [1.29, 1.82) is 0 Å². The monoisotopic (exact) mass is 444 g/mol. The molecule has 32 heavy (non-hydrogen) atoms. The van der Waals surface area contributed by atoms with Crippen molar-refractivity contribution in [2.24, 2.45) is 10.2 Å². The van der Waals surface area contributed by atoms with E-state index in [0.717, 1.165) is 12.4 Å². The van der Waals surface area contributed by atoms with Crippen LogP contribution in [0.5, 0.6) is 0 Å². The number of non-ortho nitro benzene ring substituents is 2. The summed E-state index contributed by atoms with van der Waals surface area (Å²) in [7, 11) is 0. The number of carbonyl (C=O) groups excluding carboxylic acids is 2. The number of benzene rings is 2. The molecule has 2 aromatic rings. The van der Waals surface area contributed by atoms with Gasteiger partial charge >= 0.3 is 0 Å². The van der Waals surface area contributed by atoms with Gasteiger partial charge in [0.15, 0.2) is 12.2 Å². The lowest BCUT2D eigenvalue weighted by molar-refractivity contribution is -0.385. The zero-order valence-corrected chi connectivity index (χ0v) is 16.1. The molecule has 0 radical (unpaired) electrons. The lowest BCUT2D eigenvalue weighted by Gasteiger charge is -2.14. The van der Waals surface area contributed by atoms with Gasteiger partial charge in [0.25, 0.3) is 23.2 Å². The number of hydrogen-bond donors (Lipinski definition) is 4. The van der Waals surface area contributed by atoms with E-state index >= 15 is 0 Å². The highest BCUT2D eigenvalue weighted by Gasteiger charge is 2.30. The number of hydrogen-bond acceptors (Lipinski definition) is 10. The predicted molar refractivity (Wildman–Crippen MR) is 110 cm³/mol. The zero-order chi connectivity index (χ0) is 23.7. The molecule has 0 heterocycles. The summed E-state index contributed by atoms with van der Waals surface area (Å²) in [5, 5.41) is 47.7. The maximum atomic E-state index is 11.8. The Morgan fingerprint density at radius 3 is 1.34 bits per heavy atom. The van der Waals surface area contributed by atoms with Gasteiger partial charge in [0, 0.05) is 24.3 Å². The molecule has 2 atom stereocenters. The molecular weight excluding hydrogens is 428 g/mol. The standard InChI is InChI=1S/C18H16N6O8/c25-15(17(27)21-19-9-11-1-5-13(6-2-11)23(29)30)16(26)18(28)22-20-10-12-3-7-14(8-4-12)24(31)32/h1-10,15-16,25-26H,(H,21,27)(H,22,28). The van der Waals surface area contributed by atoms with Crippen LogP contribution in [0.25, 0.3) is 0 Å². The van der Waals surface area contributed by atoms with Crippen LogP contribution in [0.3, 0.4) is 0 Å². The van der Waals surface area contributed by atoms with Gasteiger partial charge in [0.1, 0.15) is 0 Å². The van der Waals surface area contributed by atoms with Gasteiger partial charge in [-0.05, 0) is 35.4 Å². The lowest BCUT2D eigenvalue weighted by atomic mass is 10.2. The molecule has 166 valence electrons. The SMILES string of the molecule is O=C(NN=Cc1ccc([N+](=O)[O-])cc1)C(O)C(O)C(=O)NN=Cc1ccc([N+](=O)[O-])cc1. The second-order valence-corrected chi connectivity index (χ2v) is 6.06. The van der Waals surface area contributed by atoms with E-state index in [1.807, 2.05) is 10.9 Å². The fourth-order valence-electron chi connectivity index (χ4n) is 2.12. The molecule has 0 spiro atoms. The summed E-state index contributed by atoms with van der Waals surface area (Å²) in [6.07, 6.45) is -2.07. The summed E-state index contributed by atoms with van der Waals surface area (Å²) in [5.41, 5.74) is 4.38. The van der Waals surface area contributed by atoms with Crippen molar-refractivity contribution >= 4 is 35.6 Å². The molecule has 0 aliphatic heterocycles. The number of aliphatic hydroxyl groups is 2. The number of nitro benzene ring substituents is 2. The first-order valence-corrected chi connectivity index (χ1v) is 8.70. The van der Waals surface area contributed by atoms with Crippen molar-refractivity contribution in [3.63, 3.8) is 0 Å². The molecule has 0 aliphatic rings. The van der Waals surface area contributed by atoms with E-state index in [4.69, 9.17) is 0 Å². The Balaban J connectivity index is 1.84. The molecule has 2 aromatic carbocycles. The van der Waals surface area contributed by atoms with E-state index in [0.29, 0.717) is 11.1 Å². The van der Waals surface area contributed by atoms with Gasteiger partial charge < -0.3 is 10.2 Å². The van der Waals surface area contributed by atoms with Gasteiger partial charge in [-0.15, -0.1) is 0 Å². The topological polar surface area (TPSA) is 210 Å². The van der Waals surface area contributed by atoms with E-state index < -0.39 is 33.9 Å². The normalized spacial score (nSPS) is 12.9. The molecule has 0 fully saturated rings. The molecule has 0 aliphatic carbocycles. The second kappa shape index (κ2) is 11.0. The van der Waals surface area contributed by atoms with Crippen LogP contribution >= 0.6 is 0 Å². The average molecular weight is 444 g/mol. The smallest absolute Gasteiger partial charge is 0.272 e. The van der Waals surface area contributed by atoms with Gasteiger partial charge in [-0.25, -0.2) is 10.9 Å². The van der Waals surface area contributed by atoms with Crippen LogP contribution in [0, 0.1) is 20.2 Å². The minimum Gasteiger partial charge on any atom is -0.380 e. The Kier molecular flexibility index (Phi) is 8.15. The van der Waals surface area contributed by atoms with E-state index in [1.54, 1.807) is 0 Å². The Labute approximate surface area is 179 Å². The molecule has 2 unspecified atom stereocenters. The zero-order valence-electron chi connectivity index (χ0n) is 16.1. The first-order chi connectivity index (χ1) is 15.2. The summed E-state index contributed by atoms with van der Waals surface area (Å²) >= 11 is 0. The van der Waals surface area contributed by atoms with Crippen LogP contribution in [-0.4, -0.2) is 56.5 Å². The predicted octanol–water partition coefficient (Wildman–Crippen LogP) is -0.175. The number of carbonyl (C=O) groups is 2. The molecule has 4 N–H and O–H groups in total. The summed E-state index contributed by atoms with van der Waals surface area (Å²) in [4.78, 5) is 43.6. The number of nitro groups is 2. The minimum atomic E-state index is -2.17. The summed E-state index contributed by atoms with van der Waals surface area (Å²) in [6, 6.07) is 10.4. The number of nitrogens with zero attached hydrogens (tertiary/aromatic N) is 4. The van der Waals surface area contributed by atoms with Crippen molar-refractivity contribution in [3.8, 4) is 0 Å². The second-order valence-electron chi connectivity index (χ2n) is 6.06. The molecule has 0 aromatic heterocycles. The first-order valence-electron chi connectivity index (χ1n) is 8.70. The van der Waals surface area contributed by atoms with Gasteiger partial charge in [0.05, 0.1) is 22.3 Å². The minimum absolute atomic E-state index is 0.132. The molecule has 0 saturated heterocycles.